The van der Waals surface area contributed by atoms with Crippen molar-refractivity contribution in [1.29, 1.82) is 0 Å². The van der Waals surface area contributed by atoms with E-state index < -0.39 is 0 Å². The molecule has 1 aliphatic rings. The average Bonchev–Trinajstić information content (AvgIpc) is 2.37. The molecule has 2 N–H and O–H groups in total. The molecule has 0 aliphatic heterocycles. The van der Waals surface area contributed by atoms with Gasteiger partial charge >= 0.3 is 0 Å². The Hall–Kier alpha value is -0.730. The Balaban J connectivity index is 2.17. The van der Waals surface area contributed by atoms with Gasteiger partial charge < -0.3 is 10.6 Å². The molecule has 0 saturated heterocycles. The highest BCUT2D eigenvalue weighted by Crippen LogP contribution is 2.38. The second kappa shape index (κ2) is 6.58. The Labute approximate surface area is 134 Å². The average molecular weight is 309 g/mol. The molecule has 1 unspecified atom stereocenters. The van der Waals surface area contributed by atoms with Crippen LogP contribution >= 0.6 is 11.6 Å². The monoisotopic (exact) mass is 308 g/mol. The standard InChI is InChI=1S/C18H29ClN2/c1-13(20)11-14-12-15(19)5-6-17(14)21(4)16-7-9-18(2,3)10-8-16/h5-6,12-13,16H,7-11,20H2,1-4H3. The van der Waals surface area contributed by atoms with Gasteiger partial charge in [0.1, 0.15) is 0 Å². The van der Waals surface area contributed by atoms with Crippen LogP contribution in [0, 0.1) is 5.41 Å². The van der Waals surface area contributed by atoms with Crippen molar-refractivity contribution in [1.82, 2.24) is 0 Å². The van der Waals surface area contributed by atoms with Crippen molar-refractivity contribution in [3.05, 3.63) is 28.8 Å². The van der Waals surface area contributed by atoms with Crippen LogP contribution in [0.5, 0.6) is 0 Å². The Bertz CT molecular complexity index is 472. The van der Waals surface area contributed by atoms with E-state index >= 15 is 0 Å². The van der Waals surface area contributed by atoms with Crippen LogP contribution in [-0.4, -0.2) is 19.1 Å². The first kappa shape index (κ1) is 16.6. The van der Waals surface area contributed by atoms with Gasteiger partial charge in [0.25, 0.3) is 0 Å². The van der Waals surface area contributed by atoms with Crippen LogP contribution in [-0.2, 0) is 6.42 Å². The van der Waals surface area contributed by atoms with Gasteiger partial charge in [-0.3, -0.25) is 0 Å². The van der Waals surface area contributed by atoms with Crippen LogP contribution in [0.2, 0.25) is 5.02 Å². The van der Waals surface area contributed by atoms with Crippen LogP contribution in [0.1, 0.15) is 52.0 Å². The summed E-state index contributed by atoms with van der Waals surface area (Å²) < 4.78 is 0. The number of rotatable bonds is 4. The fourth-order valence-corrected chi connectivity index (χ4v) is 3.57. The summed E-state index contributed by atoms with van der Waals surface area (Å²) in [5.41, 5.74) is 9.06. The molecular formula is C18H29ClN2. The molecule has 118 valence electrons. The van der Waals surface area contributed by atoms with E-state index in [4.69, 9.17) is 17.3 Å². The minimum absolute atomic E-state index is 0.154. The van der Waals surface area contributed by atoms with E-state index in [1.165, 1.54) is 36.9 Å². The summed E-state index contributed by atoms with van der Waals surface area (Å²) in [4.78, 5) is 2.45. The normalized spacial score (nSPS) is 20.3. The molecule has 1 saturated carbocycles. The summed E-state index contributed by atoms with van der Waals surface area (Å²) in [5.74, 6) is 0. The van der Waals surface area contributed by atoms with Gasteiger partial charge in [0.2, 0.25) is 0 Å². The van der Waals surface area contributed by atoms with E-state index in [0.717, 1.165) is 11.4 Å². The molecule has 3 heteroatoms. The van der Waals surface area contributed by atoms with Crippen molar-refractivity contribution in [3.8, 4) is 0 Å². The van der Waals surface area contributed by atoms with E-state index in [9.17, 15) is 0 Å². The molecule has 1 aliphatic carbocycles. The van der Waals surface area contributed by atoms with Gasteiger partial charge in [-0.15, -0.1) is 0 Å². The highest BCUT2D eigenvalue weighted by molar-refractivity contribution is 6.30. The minimum atomic E-state index is 0.154. The van der Waals surface area contributed by atoms with Crippen molar-refractivity contribution >= 4 is 17.3 Å². The van der Waals surface area contributed by atoms with Crippen LogP contribution in [0.4, 0.5) is 5.69 Å². The van der Waals surface area contributed by atoms with Gasteiger partial charge in [-0.2, -0.15) is 0 Å². The predicted molar refractivity (Wildman–Crippen MR) is 93.2 cm³/mol. The van der Waals surface area contributed by atoms with Crippen LogP contribution in [0.3, 0.4) is 0 Å². The smallest absolute Gasteiger partial charge is 0.0410 e. The summed E-state index contributed by atoms with van der Waals surface area (Å²) in [5, 5.41) is 0.799. The molecule has 21 heavy (non-hydrogen) atoms. The lowest BCUT2D eigenvalue weighted by molar-refractivity contribution is 0.222. The zero-order chi connectivity index (χ0) is 15.6. The predicted octanol–water partition coefficient (Wildman–Crippen LogP) is 4.63. The van der Waals surface area contributed by atoms with Gasteiger partial charge in [-0.05, 0) is 68.2 Å². The van der Waals surface area contributed by atoms with E-state index in [2.05, 4.69) is 37.9 Å². The summed E-state index contributed by atoms with van der Waals surface area (Å²) in [6, 6.07) is 7.00. The van der Waals surface area contributed by atoms with Crippen molar-refractivity contribution in [2.24, 2.45) is 11.1 Å². The molecule has 0 aromatic heterocycles. The Morgan fingerprint density at radius 1 is 1.33 bits per heavy atom. The maximum Gasteiger partial charge on any atom is 0.0410 e. The molecule has 1 aromatic carbocycles. The topological polar surface area (TPSA) is 29.3 Å². The largest absolute Gasteiger partial charge is 0.371 e. The van der Waals surface area contributed by atoms with E-state index in [0.29, 0.717) is 11.5 Å². The fourth-order valence-electron chi connectivity index (χ4n) is 3.38. The molecule has 0 amide bonds. The van der Waals surface area contributed by atoms with E-state index in [-0.39, 0.29) is 6.04 Å². The minimum Gasteiger partial charge on any atom is -0.371 e. The lowest BCUT2D eigenvalue weighted by Gasteiger charge is -2.40. The van der Waals surface area contributed by atoms with Crippen molar-refractivity contribution in [2.45, 2.75) is 65.0 Å². The number of hydrogen-bond donors (Lipinski definition) is 1. The van der Waals surface area contributed by atoms with Crippen molar-refractivity contribution in [2.75, 3.05) is 11.9 Å². The maximum atomic E-state index is 6.17. The molecule has 2 rings (SSSR count). The van der Waals surface area contributed by atoms with Gasteiger partial charge in [0.05, 0.1) is 0 Å². The third-order valence-corrected chi connectivity index (χ3v) is 5.05. The second-order valence-electron chi connectivity index (χ2n) is 7.46. The summed E-state index contributed by atoms with van der Waals surface area (Å²) in [6.07, 6.45) is 6.02. The highest BCUT2D eigenvalue weighted by Gasteiger charge is 2.29. The molecule has 0 bridgehead atoms. The summed E-state index contributed by atoms with van der Waals surface area (Å²) in [7, 11) is 2.22. The number of hydrogen-bond acceptors (Lipinski definition) is 2. The number of anilines is 1. The van der Waals surface area contributed by atoms with Gasteiger partial charge in [0.15, 0.2) is 0 Å². The quantitative estimate of drug-likeness (QED) is 0.878. The van der Waals surface area contributed by atoms with Crippen molar-refractivity contribution in [3.63, 3.8) is 0 Å². The lowest BCUT2D eigenvalue weighted by Crippen LogP contribution is -2.38. The zero-order valence-electron chi connectivity index (χ0n) is 13.8. The van der Waals surface area contributed by atoms with Crippen molar-refractivity contribution < 1.29 is 0 Å². The Kier molecular flexibility index (Phi) is 5.21. The second-order valence-corrected chi connectivity index (χ2v) is 7.90. The Morgan fingerprint density at radius 3 is 2.52 bits per heavy atom. The first-order valence-electron chi connectivity index (χ1n) is 8.05. The SMILES string of the molecule is CC(N)Cc1cc(Cl)ccc1N(C)C1CCC(C)(C)CC1. The van der Waals surface area contributed by atoms with E-state index in [1.807, 2.05) is 13.0 Å². The molecule has 0 spiro atoms. The van der Waals surface area contributed by atoms with Gasteiger partial charge in [-0.1, -0.05) is 25.4 Å². The molecule has 0 heterocycles. The molecular weight excluding hydrogens is 280 g/mol. The lowest BCUT2D eigenvalue weighted by atomic mass is 9.75. The van der Waals surface area contributed by atoms with Crippen LogP contribution in [0.15, 0.2) is 18.2 Å². The molecule has 2 nitrogen and oxygen atoms in total. The fraction of sp³-hybridized carbons (Fsp3) is 0.667. The first-order valence-corrected chi connectivity index (χ1v) is 8.43. The van der Waals surface area contributed by atoms with Crippen LogP contribution < -0.4 is 10.6 Å². The van der Waals surface area contributed by atoms with E-state index in [1.54, 1.807) is 0 Å². The highest BCUT2D eigenvalue weighted by atomic mass is 35.5. The molecule has 1 aromatic rings. The molecule has 0 radical (unpaired) electrons. The Morgan fingerprint density at radius 2 is 1.95 bits per heavy atom. The molecule has 1 fully saturated rings. The van der Waals surface area contributed by atoms with Gasteiger partial charge in [0, 0.05) is 29.8 Å². The molecule has 1 atom stereocenters. The third kappa shape index (κ3) is 4.37. The summed E-state index contributed by atoms with van der Waals surface area (Å²) in [6.45, 7) is 6.81. The first-order chi connectivity index (χ1) is 9.78. The summed E-state index contributed by atoms with van der Waals surface area (Å²) >= 11 is 6.17. The number of benzene rings is 1. The maximum absolute atomic E-state index is 6.17. The zero-order valence-corrected chi connectivity index (χ0v) is 14.6. The number of nitrogens with two attached hydrogens (primary N) is 1. The van der Waals surface area contributed by atoms with Crippen LogP contribution in [0.25, 0.3) is 0 Å². The number of halogens is 1. The van der Waals surface area contributed by atoms with Gasteiger partial charge in [-0.25, -0.2) is 0 Å². The third-order valence-electron chi connectivity index (χ3n) is 4.82. The number of nitrogens with zero attached hydrogens (tertiary/aromatic N) is 1.